The van der Waals surface area contributed by atoms with E-state index in [1.54, 1.807) is 4.90 Å². The number of anilines is 2. The van der Waals surface area contributed by atoms with E-state index in [1.165, 1.54) is 11.3 Å². The molecule has 1 aliphatic rings. The Morgan fingerprint density at radius 2 is 1.96 bits per heavy atom. The van der Waals surface area contributed by atoms with E-state index in [0.717, 1.165) is 29.3 Å². The van der Waals surface area contributed by atoms with Gasteiger partial charge in [0, 0.05) is 24.6 Å². The molecule has 1 N–H and O–H groups in total. The van der Waals surface area contributed by atoms with Gasteiger partial charge in [-0.25, -0.2) is 0 Å². The molecule has 3 rings (SSSR count). The van der Waals surface area contributed by atoms with Crippen LogP contribution in [0.3, 0.4) is 0 Å². The summed E-state index contributed by atoms with van der Waals surface area (Å²) in [5, 5.41) is 12.6. The summed E-state index contributed by atoms with van der Waals surface area (Å²) in [6.07, 6.45) is 2.18. The van der Waals surface area contributed by atoms with E-state index in [4.69, 9.17) is 4.74 Å². The van der Waals surface area contributed by atoms with Gasteiger partial charge in [-0.2, -0.15) is 0 Å². The molecule has 0 aliphatic carbocycles. The first-order valence-electron chi connectivity index (χ1n) is 9.73. The topological polar surface area (TPSA) is 84.4 Å². The van der Waals surface area contributed by atoms with Crippen molar-refractivity contribution < 1.29 is 14.3 Å². The zero-order chi connectivity index (χ0) is 20.1. The summed E-state index contributed by atoms with van der Waals surface area (Å²) in [7, 11) is 0. The second-order valence-electron chi connectivity index (χ2n) is 6.78. The average molecular weight is 403 g/mol. The molecule has 1 unspecified atom stereocenters. The van der Waals surface area contributed by atoms with Gasteiger partial charge in [0.1, 0.15) is 10.8 Å². The number of aromatic nitrogens is 2. The standard InChI is InChI=1S/C20H26N4O3S/c1-4-13(5-2)19-22-23-20(28-19)21-18(26)14-11-17(25)24(12-14)15-7-9-16(10-8-15)27-6-3/h7-10,13-14H,4-6,11-12H2,1-3H3,(H,21,23,26). The van der Waals surface area contributed by atoms with E-state index in [-0.39, 0.29) is 18.2 Å². The van der Waals surface area contributed by atoms with Crippen molar-refractivity contribution in [2.24, 2.45) is 5.92 Å². The summed E-state index contributed by atoms with van der Waals surface area (Å²) in [5.41, 5.74) is 0.774. The highest BCUT2D eigenvalue weighted by Crippen LogP contribution is 2.30. The van der Waals surface area contributed by atoms with E-state index < -0.39 is 5.92 Å². The van der Waals surface area contributed by atoms with Gasteiger partial charge >= 0.3 is 0 Å². The lowest BCUT2D eigenvalue weighted by atomic mass is 10.1. The van der Waals surface area contributed by atoms with Crippen LogP contribution in [-0.4, -0.2) is 35.2 Å². The van der Waals surface area contributed by atoms with Crippen LogP contribution in [0.25, 0.3) is 0 Å². The lowest BCUT2D eigenvalue weighted by Crippen LogP contribution is -2.28. The van der Waals surface area contributed by atoms with E-state index in [9.17, 15) is 9.59 Å². The molecule has 7 nitrogen and oxygen atoms in total. The molecule has 0 spiro atoms. The predicted octanol–water partition coefficient (Wildman–Crippen LogP) is 3.83. The number of nitrogens with one attached hydrogen (secondary N) is 1. The van der Waals surface area contributed by atoms with Crippen LogP contribution < -0.4 is 15.0 Å². The van der Waals surface area contributed by atoms with E-state index >= 15 is 0 Å². The number of amides is 2. The van der Waals surface area contributed by atoms with Crippen LogP contribution in [0.2, 0.25) is 0 Å². The fourth-order valence-corrected chi connectivity index (χ4v) is 4.33. The van der Waals surface area contributed by atoms with Gasteiger partial charge in [-0.15, -0.1) is 10.2 Å². The Bertz CT molecular complexity index is 817. The first-order valence-corrected chi connectivity index (χ1v) is 10.5. The van der Waals surface area contributed by atoms with Crippen LogP contribution in [0.15, 0.2) is 24.3 Å². The van der Waals surface area contributed by atoms with Crippen molar-refractivity contribution in [2.75, 3.05) is 23.4 Å². The maximum Gasteiger partial charge on any atom is 0.231 e. The van der Waals surface area contributed by atoms with Crippen LogP contribution in [0.1, 0.15) is 51.0 Å². The Hall–Kier alpha value is -2.48. The minimum atomic E-state index is -0.403. The number of hydrogen-bond acceptors (Lipinski definition) is 6. The quantitative estimate of drug-likeness (QED) is 0.725. The second kappa shape index (κ2) is 9.14. The third-order valence-corrected chi connectivity index (χ3v) is 5.96. The Kier molecular flexibility index (Phi) is 6.61. The summed E-state index contributed by atoms with van der Waals surface area (Å²) in [4.78, 5) is 26.7. The third kappa shape index (κ3) is 4.49. The highest BCUT2D eigenvalue weighted by molar-refractivity contribution is 7.15. The molecule has 1 aliphatic heterocycles. The van der Waals surface area contributed by atoms with Gasteiger partial charge in [-0.1, -0.05) is 25.2 Å². The Morgan fingerprint density at radius 1 is 1.25 bits per heavy atom. The lowest BCUT2D eigenvalue weighted by molar-refractivity contribution is -0.122. The van der Waals surface area contributed by atoms with Crippen molar-refractivity contribution in [3.63, 3.8) is 0 Å². The monoisotopic (exact) mass is 402 g/mol. The minimum Gasteiger partial charge on any atom is -0.494 e. The highest BCUT2D eigenvalue weighted by atomic mass is 32.1. The van der Waals surface area contributed by atoms with Crippen LogP contribution in [0.5, 0.6) is 5.75 Å². The van der Waals surface area contributed by atoms with Crippen molar-refractivity contribution in [3.05, 3.63) is 29.3 Å². The van der Waals surface area contributed by atoms with Crippen LogP contribution in [-0.2, 0) is 9.59 Å². The lowest BCUT2D eigenvalue weighted by Gasteiger charge is -2.17. The van der Waals surface area contributed by atoms with Crippen molar-refractivity contribution in [2.45, 2.75) is 46.0 Å². The smallest absolute Gasteiger partial charge is 0.231 e. The second-order valence-corrected chi connectivity index (χ2v) is 7.79. The molecular weight excluding hydrogens is 376 g/mol. The molecule has 0 bridgehead atoms. The number of rotatable bonds is 8. The third-order valence-electron chi connectivity index (χ3n) is 4.96. The maximum absolute atomic E-state index is 12.6. The van der Waals surface area contributed by atoms with Crippen molar-refractivity contribution in [3.8, 4) is 5.75 Å². The molecule has 2 heterocycles. The van der Waals surface area contributed by atoms with Crippen LogP contribution in [0.4, 0.5) is 10.8 Å². The summed E-state index contributed by atoms with van der Waals surface area (Å²) in [5.74, 6) is 0.482. The summed E-state index contributed by atoms with van der Waals surface area (Å²) < 4.78 is 5.43. The molecule has 1 aromatic heterocycles. The molecule has 1 aromatic carbocycles. The minimum absolute atomic E-state index is 0.0562. The van der Waals surface area contributed by atoms with Crippen molar-refractivity contribution in [1.29, 1.82) is 0 Å². The van der Waals surface area contributed by atoms with E-state index in [2.05, 4.69) is 29.4 Å². The molecule has 1 atom stereocenters. The SMILES string of the molecule is CCOc1ccc(N2CC(C(=O)Nc3nnc(C(CC)CC)s3)CC2=O)cc1. The first kappa shape index (κ1) is 20.3. The number of ether oxygens (including phenoxy) is 1. The zero-order valence-corrected chi connectivity index (χ0v) is 17.3. The molecule has 2 amide bonds. The van der Waals surface area contributed by atoms with Gasteiger partial charge in [-0.05, 0) is 44.0 Å². The van der Waals surface area contributed by atoms with Crippen LogP contribution >= 0.6 is 11.3 Å². The predicted molar refractivity (Wildman–Crippen MR) is 110 cm³/mol. The highest BCUT2D eigenvalue weighted by Gasteiger charge is 2.35. The molecule has 1 saturated heterocycles. The van der Waals surface area contributed by atoms with E-state index in [0.29, 0.717) is 24.2 Å². The molecule has 2 aromatic rings. The van der Waals surface area contributed by atoms with Gasteiger partial charge in [-0.3, -0.25) is 9.59 Å². The molecule has 1 fully saturated rings. The Labute approximate surface area is 169 Å². The maximum atomic E-state index is 12.6. The fraction of sp³-hybridized carbons (Fsp3) is 0.500. The van der Waals surface area contributed by atoms with Crippen molar-refractivity contribution >= 4 is 34.0 Å². The summed E-state index contributed by atoms with van der Waals surface area (Å²) >= 11 is 1.41. The Balaban J connectivity index is 1.62. The van der Waals surface area contributed by atoms with Gasteiger partial charge in [0.25, 0.3) is 0 Å². The summed E-state index contributed by atoms with van der Waals surface area (Å²) in [6.45, 7) is 7.11. The Morgan fingerprint density at radius 3 is 2.61 bits per heavy atom. The zero-order valence-electron chi connectivity index (χ0n) is 16.5. The largest absolute Gasteiger partial charge is 0.494 e. The number of nitrogens with zero attached hydrogens (tertiary/aromatic N) is 3. The molecule has 28 heavy (non-hydrogen) atoms. The van der Waals surface area contributed by atoms with Gasteiger partial charge < -0.3 is 15.0 Å². The number of carbonyl (C=O) groups is 2. The molecular formula is C20H26N4O3S. The first-order chi connectivity index (χ1) is 13.5. The number of carbonyl (C=O) groups excluding carboxylic acids is 2. The molecule has 0 radical (unpaired) electrons. The molecule has 0 saturated carbocycles. The van der Waals surface area contributed by atoms with Crippen molar-refractivity contribution in [1.82, 2.24) is 10.2 Å². The van der Waals surface area contributed by atoms with Gasteiger partial charge in [0.05, 0.1) is 12.5 Å². The van der Waals surface area contributed by atoms with Gasteiger partial charge in [0.2, 0.25) is 16.9 Å². The number of hydrogen-bond donors (Lipinski definition) is 1. The van der Waals surface area contributed by atoms with E-state index in [1.807, 2.05) is 31.2 Å². The number of benzene rings is 1. The normalized spacial score (nSPS) is 16.6. The fourth-order valence-electron chi connectivity index (χ4n) is 3.32. The summed E-state index contributed by atoms with van der Waals surface area (Å²) in [6, 6.07) is 7.35. The average Bonchev–Trinajstić information content (AvgIpc) is 3.31. The van der Waals surface area contributed by atoms with Gasteiger partial charge in [0.15, 0.2) is 0 Å². The van der Waals surface area contributed by atoms with Crippen LogP contribution in [0, 0.1) is 5.92 Å². The molecule has 150 valence electrons. The molecule has 8 heteroatoms.